The molecule has 1 aromatic rings. The minimum absolute atomic E-state index is 0.0522. The minimum Gasteiger partial charge on any atom is -0.321 e. The van der Waals surface area contributed by atoms with Crippen LogP contribution in [0.1, 0.15) is 5.56 Å². The van der Waals surface area contributed by atoms with E-state index in [1.807, 2.05) is 30.3 Å². The predicted octanol–water partition coefficient (Wildman–Crippen LogP) is 0.345. The van der Waals surface area contributed by atoms with Gasteiger partial charge in [0.25, 0.3) is 0 Å². The first-order valence-corrected chi connectivity index (χ1v) is 4.71. The molecular formula is C11H16N2O. The molecule has 1 rings (SSSR count). The van der Waals surface area contributed by atoms with Crippen LogP contribution < -0.4 is 11.1 Å². The van der Waals surface area contributed by atoms with Crippen LogP contribution in [-0.2, 0) is 11.2 Å². The number of nitrogens with one attached hydrogen (secondary N) is 1. The van der Waals surface area contributed by atoms with Gasteiger partial charge in [0.1, 0.15) is 0 Å². The number of carbonyl (C=O) groups excluding carboxylic acids is 1. The predicted molar refractivity (Wildman–Crippen MR) is 57.1 cm³/mol. The summed E-state index contributed by atoms with van der Waals surface area (Å²) in [4.78, 5) is 11.4. The molecule has 0 aromatic heterocycles. The van der Waals surface area contributed by atoms with E-state index in [4.69, 9.17) is 5.73 Å². The lowest BCUT2D eigenvalue weighted by Crippen LogP contribution is -2.38. The van der Waals surface area contributed by atoms with Crippen LogP contribution in [0.5, 0.6) is 0 Å². The molecule has 0 radical (unpaired) electrons. The molecule has 1 atom stereocenters. The first kappa shape index (κ1) is 10.9. The number of ketones is 1. The molecule has 0 amide bonds. The van der Waals surface area contributed by atoms with Gasteiger partial charge in [0.05, 0.1) is 12.6 Å². The first-order valence-electron chi connectivity index (χ1n) is 4.71. The van der Waals surface area contributed by atoms with Gasteiger partial charge >= 0.3 is 0 Å². The van der Waals surface area contributed by atoms with Crippen molar-refractivity contribution in [2.75, 3.05) is 13.6 Å². The fourth-order valence-electron chi connectivity index (χ4n) is 1.29. The van der Waals surface area contributed by atoms with Gasteiger partial charge in [-0.2, -0.15) is 0 Å². The standard InChI is InChI=1S/C11H16N2O/c1-13-8-11(14)10(12)7-9-5-3-2-4-6-9/h2-6,10,13H,7-8,12H2,1H3. The number of rotatable bonds is 5. The van der Waals surface area contributed by atoms with Crippen LogP contribution in [0.15, 0.2) is 30.3 Å². The molecule has 0 saturated heterocycles. The lowest BCUT2D eigenvalue weighted by molar-refractivity contribution is -0.119. The van der Waals surface area contributed by atoms with Gasteiger partial charge in [0.2, 0.25) is 0 Å². The van der Waals surface area contributed by atoms with E-state index in [2.05, 4.69) is 5.32 Å². The Kier molecular flexibility index (Phi) is 4.29. The maximum atomic E-state index is 11.4. The van der Waals surface area contributed by atoms with Crippen molar-refractivity contribution < 1.29 is 4.79 Å². The second kappa shape index (κ2) is 5.52. The number of hydrogen-bond acceptors (Lipinski definition) is 3. The van der Waals surface area contributed by atoms with Crippen LogP contribution in [-0.4, -0.2) is 25.4 Å². The number of Topliss-reactive ketones (excluding diaryl/α,β-unsaturated/α-hetero) is 1. The van der Waals surface area contributed by atoms with Gasteiger partial charge in [-0.3, -0.25) is 4.79 Å². The summed E-state index contributed by atoms with van der Waals surface area (Å²) < 4.78 is 0. The van der Waals surface area contributed by atoms with Crippen LogP contribution in [0.25, 0.3) is 0 Å². The summed E-state index contributed by atoms with van der Waals surface area (Å²) >= 11 is 0. The van der Waals surface area contributed by atoms with Crippen LogP contribution in [0.2, 0.25) is 0 Å². The molecule has 0 aliphatic rings. The highest BCUT2D eigenvalue weighted by molar-refractivity contribution is 5.85. The second-order valence-electron chi connectivity index (χ2n) is 3.29. The van der Waals surface area contributed by atoms with Crippen molar-refractivity contribution in [1.82, 2.24) is 5.32 Å². The number of carbonyl (C=O) groups is 1. The summed E-state index contributed by atoms with van der Waals surface area (Å²) in [5, 5.41) is 2.80. The van der Waals surface area contributed by atoms with Crippen molar-refractivity contribution >= 4 is 5.78 Å². The second-order valence-corrected chi connectivity index (χ2v) is 3.29. The molecule has 0 saturated carbocycles. The summed E-state index contributed by atoms with van der Waals surface area (Å²) in [5.41, 5.74) is 6.85. The minimum atomic E-state index is -0.398. The molecule has 0 aliphatic carbocycles. The van der Waals surface area contributed by atoms with E-state index in [1.54, 1.807) is 7.05 Å². The molecular weight excluding hydrogens is 176 g/mol. The molecule has 0 heterocycles. The molecule has 1 unspecified atom stereocenters. The number of nitrogens with two attached hydrogens (primary N) is 1. The maximum Gasteiger partial charge on any atom is 0.163 e. The fourth-order valence-corrected chi connectivity index (χ4v) is 1.29. The average molecular weight is 192 g/mol. The third kappa shape index (κ3) is 3.28. The SMILES string of the molecule is CNCC(=O)C(N)Cc1ccccc1. The third-order valence-electron chi connectivity index (χ3n) is 2.06. The monoisotopic (exact) mass is 192 g/mol. The molecule has 0 aliphatic heterocycles. The smallest absolute Gasteiger partial charge is 0.163 e. The Hall–Kier alpha value is -1.19. The Morgan fingerprint density at radius 1 is 1.43 bits per heavy atom. The van der Waals surface area contributed by atoms with Gasteiger partial charge in [-0.05, 0) is 19.0 Å². The molecule has 3 heteroatoms. The summed E-state index contributed by atoms with van der Waals surface area (Å²) in [6, 6.07) is 9.41. The summed E-state index contributed by atoms with van der Waals surface area (Å²) in [6.07, 6.45) is 0.612. The van der Waals surface area contributed by atoms with E-state index in [1.165, 1.54) is 0 Å². The van der Waals surface area contributed by atoms with Crippen molar-refractivity contribution in [2.24, 2.45) is 5.73 Å². The number of likely N-dealkylation sites (N-methyl/N-ethyl adjacent to an activating group) is 1. The zero-order valence-electron chi connectivity index (χ0n) is 8.36. The van der Waals surface area contributed by atoms with Gasteiger partial charge in [-0.25, -0.2) is 0 Å². The topological polar surface area (TPSA) is 55.1 Å². The Balaban J connectivity index is 2.49. The Bertz CT molecular complexity index is 285. The Labute approximate surface area is 84.3 Å². The summed E-state index contributed by atoms with van der Waals surface area (Å²) in [7, 11) is 1.74. The van der Waals surface area contributed by atoms with Crippen LogP contribution >= 0.6 is 0 Å². The van der Waals surface area contributed by atoms with Crippen molar-refractivity contribution in [1.29, 1.82) is 0 Å². The van der Waals surface area contributed by atoms with Gasteiger partial charge in [-0.1, -0.05) is 30.3 Å². The highest BCUT2D eigenvalue weighted by atomic mass is 16.1. The summed E-state index contributed by atoms with van der Waals surface area (Å²) in [6.45, 7) is 0.341. The van der Waals surface area contributed by atoms with E-state index in [-0.39, 0.29) is 5.78 Å². The van der Waals surface area contributed by atoms with E-state index >= 15 is 0 Å². The highest BCUT2D eigenvalue weighted by Crippen LogP contribution is 2.01. The van der Waals surface area contributed by atoms with E-state index in [0.29, 0.717) is 13.0 Å². The van der Waals surface area contributed by atoms with Gasteiger partial charge in [-0.15, -0.1) is 0 Å². The van der Waals surface area contributed by atoms with Crippen molar-refractivity contribution in [3.05, 3.63) is 35.9 Å². The lowest BCUT2D eigenvalue weighted by Gasteiger charge is -2.09. The zero-order valence-corrected chi connectivity index (χ0v) is 8.36. The zero-order chi connectivity index (χ0) is 10.4. The highest BCUT2D eigenvalue weighted by Gasteiger charge is 2.12. The normalized spacial score (nSPS) is 12.4. The van der Waals surface area contributed by atoms with E-state index in [9.17, 15) is 4.79 Å². The molecule has 0 bridgehead atoms. The Morgan fingerprint density at radius 3 is 2.64 bits per heavy atom. The quantitative estimate of drug-likeness (QED) is 0.707. The lowest BCUT2D eigenvalue weighted by atomic mass is 10.0. The number of hydrogen-bond donors (Lipinski definition) is 2. The average Bonchev–Trinajstić information content (AvgIpc) is 2.19. The van der Waals surface area contributed by atoms with Crippen LogP contribution in [0, 0.1) is 0 Å². The first-order chi connectivity index (χ1) is 6.74. The van der Waals surface area contributed by atoms with Gasteiger partial charge in [0, 0.05) is 0 Å². The molecule has 0 fully saturated rings. The van der Waals surface area contributed by atoms with Crippen molar-refractivity contribution in [3.8, 4) is 0 Å². The van der Waals surface area contributed by atoms with Crippen molar-refractivity contribution in [2.45, 2.75) is 12.5 Å². The van der Waals surface area contributed by atoms with Crippen molar-refractivity contribution in [3.63, 3.8) is 0 Å². The molecule has 0 spiro atoms. The van der Waals surface area contributed by atoms with Gasteiger partial charge in [0.15, 0.2) is 5.78 Å². The maximum absolute atomic E-state index is 11.4. The van der Waals surface area contributed by atoms with E-state index in [0.717, 1.165) is 5.56 Å². The van der Waals surface area contributed by atoms with Crippen LogP contribution in [0.3, 0.4) is 0 Å². The fraction of sp³-hybridized carbons (Fsp3) is 0.364. The van der Waals surface area contributed by atoms with E-state index < -0.39 is 6.04 Å². The van der Waals surface area contributed by atoms with Crippen LogP contribution in [0.4, 0.5) is 0 Å². The third-order valence-corrected chi connectivity index (χ3v) is 2.06. The largest absolute Gasteiger partial charge is 0.321 e. The Morgan fingerprint density at radius 2 is 2.07 bits per heavy atom. The molecule has 3 N–H and O–H groups in total. The number of benzene rings is 1. The molecule has 14 heavy (non-hydrogen) atoms. The molecule has 1 aromatic carbocycles. The molecule has 76 valence electrons. The summed E-state index contributed by atoms with van der Waals surface area (Å²) in [5.74, 6) is 0.0522. The van der Waals surface area contributed by atoms with Gasteiger partial charge < -0.3 is 11.1 Å². The molecule has 3 nitrogen and oxygen atoms in total.